The number of aryl methyl sites for hydroxylation is 1. The Labute approximate surface area is 137 Å². The molecule has 0 aliphatic carbocycles. The molecule has 1 aromatic carbocycles. The second kappa shape index (κ2) is 7.73. The zero-order valence-electron chi connectivity index (χ0n) is 13.6. The van der Waals surface area contributed by atoms with Crippen LogP contribution in [-0.4, -0.2) is 37.6 Å². The summed E-state index contributed by atoms with van der Waals surface area (Å²) in [6.45, 7) is 6.58. The SMILES string of the molecule is COc1cc(Cl)c(C)cc1NCCC(=O)N1CCC(C)CC1. The number of anilines is 1. The van der Waals surface area contributed by atoms with Crippen LogP contribution in [-0.2, 0) is 4.79 Å². The van der Waals surface area contributed by atoms with Gasteiger partial charge >= 0.3 is 0 Å². The van der Waals surface area contributed by atoms with Gasteiger partial charge in [-0.15, -0.1) is 0 Å². The molecule has 0 spiro atoms. The predicted molar refractivity (Wildman–Crippen MR) is 90.8 cm³/mol. The lowest BCUT2D eigenvalue weighted by Gasteiger charge is -2.30. The van der Waals surface area contributed by atoms with Gasteiger partial charge in [-0.05, 0) is 37.3 Å². The lowest BCUT2D eigenvalue weighted by atomic mass is 9.99. The maximum absolute atomic E-state index is 12.2. The van der Waals surface area contributed by atoms with Crippen molar-refractivity contribution in [2.45, 2.75) is 33.1 Å². The number of piperidine rings is 1. The van der Waals surface area contributed by atoms with Crippen LogP contribution in [0.15, 0.2) is 12.1 Å². The van der Waals surface area contributed by atoms with Crippen molar-refractivity contribution in [3.8, 4) is 5.75 Å². The molecule has 1 saturated heterocycles. The number of nitrogens with zero attached hydrogens (tertiary/aromatic N) is 1. The van der Waals surface area contributed by atoms with Gasteiger partial charge in [0.1, 0.15) is 5.75 Å². The van der Waals surface area contributed by atoms with Crippen LogP contribution in [0.1, 0.15) is 31.7 Å². The average molecular weight is 325 g/mol. The minimum Gasteiger partial charge on any atom is -0.495 e. The summed E-state index contributed by atoms with van der Waals surface area (Å²) < 4.78 is 5.32. The van der Waals surface area contributed by atoms with E-state index in [9.17, 15) is 4.79 Å². The van der Waals surface area contributed by atoms with E-state index in [1.54, 1.807) is 13.2 Å². The van der Waals surface area contributed by atoms with Gasteiger partial charge in [0.15, 0.2) is 0 Å². The van der Waals surface area contributed by atoms with E-state index in [0.29, 0.717) is 23.7 Å². The molecule has 0 atom stereocenters. The first-order valence-electron chi connectivity index (χ1n) is 7.87. The first-order chi connectivity index (χ1) is 10.5. The quantitative estimate of drug-likeness (QED) is 0.897. The highest BCUT2D eigenvalue weighted by molar-refractivity contribution is 6.31. The van der Waals surface area contributed by atoms with Gasteiger partial charge in [-0.1, -0.05) is 18.5 Å². The second-order valence-corrected chi connectivity index (χ2v) is 6.45. The Kier molecular flexibility index (Phi) is 5.95. The van der Waals surface area contributed by atoms with Crippen molar-refractivity contribution in [3.05, 3.63) is 22.7 Å². The van der Waals surface area contributed by atoms with Gasteiger partial charge < -0.3 is 15.0 Å². The van der Waals surface area contributed by atoms with Crippen LogP contribution in [0.4, 0.5) is 5.69 Å². The number of hydrogen-bond acceptors (Lipinski definition) is 3. The molecule has 1 N–H and O–H groups in total. The van der Waals surface area contributed by atoms with Crippen LogP contribution in [0.3, 0.4) is 0 Å². The summed E-state index contributed by atoms with van der Waals surface area (Å²) in [5, 5.41) is 3.96. The van der Waals surface area contributed by atoms with Crippen molar-refractivity contribution >= 4 is 23.2 Å². The molecule has 1 amide bonds. The van der Waals surface area contributed by atoms with Crippen molar-refractivity contribution < 1.29 is 9.53 Å². The number of carbonyl (C=O) groups is 1. The minimum absolute atomic E-state index is 0.226. The lowest BCUT2D eigenvalue weighted by molar-refractivity contribution is -0.132. The highest BCUT2D eigenvalue weighted by Crippen LogP contribution is 2.30. The number of amides is 1. The molecule has 5 heteroatoms. The molecule has 22 heavy (non-hydrogen) atoms. The monoisotopic (exact) mass is 324 g/mol. The zero-order valence-corrected chi connectivity index (χ0v) is 14.4. The summed E-state index contributed by atoms with van der Waals surface area (Å²) in [6, 6.07) is 3.75. The summed E-state index contributed by atoms with van der Waals surface area (Å²) in [5.41, 5.74) is 1.87. The smallest absolute Gasteiger partial charge is 0.224 e. The first kappa shape index (κ1) is 16.9. The molecule has 0 radical (unpaired) electrons. The highest BCUT2D eigenvalue weighted by Gasteiger charge is 2.19. The van der Waals surface area contributed by atoms with E-state index in [0.717, 1.165) is 43.1 Å². The van der Waals surface area contributed by atoms with Gasteiger partial charge in [-0.2, -0.15) is 0 Å². The van der Waals surface area contributed by atoms with Crippen LogP contribution < -0.4 is 10.1 Å². The minimum atomic E-state index is 0.226. The standard InChI is InChI=1S/C17H25ClN2O2/c1-12-5-8-20(9-6-12)17(21)4-7-19-15-10-13(2)14(18)11-16(15)22-3/h10-12,19H,4-9H2,1-3H3. The first-order valence-corrected chi connectivity index (χ1v) is 8.25. The van der Waals surface area contributed by atoms with Crippen LogP contribution in [0.25, 0.3) is 0 Å². The molecule has 122 valence electrons. The highest BCUT2D eigenvalue weighted by atomic mass is 35.5. The van der Waals surface area contributed by atoms with Crippen molar-refractivity contribution in [1.82, 2.24) is 4.90 Å². The number of rotatable bonds is 5. The molecular formula is C17H25ClN2O2. The molecule has 0 unspecified atom stereocenters. The van der Waals surface area contributed by atoms with E-state index in [1.165, 1.54) is 0 Å². The zero-order chi connectivity index (χ0) is 16.1. The van der Waals surface area contributed by atoms with Crippen LogP contribution >= 0.6 is 11.6 Å². The van der Waals surface area contributed by atoms with Crippen LogP contribution in [0.5, 0.6) is 5.75 Å². The fourth-order valence-corrected chi connectivity index (χ4v) is 2.84. The number of hydrogen-bond donors (Lipinski definition) is 1. The van der Waals surface area contributed by atoms with Crippen molar-refractivity contribution in [2.75, 3.05) is 32.1 Å². The van der Waals surface area contributed by atoms with E-state index in [1.807, 2.05) is 17.9 Å². The lowest BCUT2D eigenvalue weighted by Crippen LogP contribution is -2.38. The fourth-order valence-electron chi connectivity index (χ4n) is 2.69. The fraction of sp³-hybridized carbons (Fsp3) is 0.588. The van der Waals surface area contributed by atoms with E-state index in [2.05, 4.69) is 12.2 Å². The van der Waals surface area contributed by atoms with E-state index in [-0.39, 0.29) is 5.91 Å². The van der Waals surface area contributed by atoms with Gasteiger partial charge in [0.05, 0.1) is 12.8 Å². The normalized spacial score (nSPS) is 15.7. The van der Waals surface area contributed by atoms with Gasteiger partial charge in [0.25, 0.3) is 0 Å². The molecule has 4 nitrogen and oxygen atoms in total. The third-order valence-corrected chi connectivity index (χ3v) is 4.68. The Balaban J connectivity index is 1.86. The van der Waals surface area contributed by atoms with E-state index in [4.69, 9.17) is 16.3 Å². The Morgan fingerprint density at radius 2 is 2.09 bits per heavy atom. The summed E-state index contributed by atoms with van der Waals surface area (Å²) in [7, 11) is 1.62. The summed E-state index contributed by atoms with van der Waals surface area (Å²) >= 11 is 6.09. The molecule has 1 heterocycles. The van der Waals surface area contributed by atoms with E-state index >= 15 is 0 Å². The molecule has 2 rings (SSSR count). The van der Waals surface area contributed by atoms with Crippen molar-refractivity contribution in [1.29, 1.82) is 0 Å². The predicted octanol–water partition coefficient (Wildman–Crippen LogP) is 3.72. The molecule has 0 saturated carbocycles. The number of nitrogens with one attached hydrogen (secondary N) is 1. The van der Waals surface area contributed by atoms with Gasteiger partial charge in [-0.3, -0.25) is 4.79 Å². The Morgan fingerprint density at radius 1 is 1.41 bits per heavy atom. The topological polar surface area (TPSA) is 41.6 Å². The number of benzene rings is 1. The Morgan fingerprint density at radius 3 is 2.73 bits per heavy atom. The van der Waals surface area contributed by atoms with Gasteiger partial charge in [-0.25, -0.2) is 0 Å². The number of likely N-dealkylation sites (tertiary alicyclic amines) is 1. The second-order valence-electron chi connectivity index (χ2n) is 6.04. The summed E-state index contributed by atoms with van der Waals surface area (Å²) in [6.07, 6.45) is 2.73. The molecular weight excluding hydrogens is 300 g/mol. The van der Waals surface area contributed by atoms with Crippen molar-refractivity contribution in [3.63, 3.8) is 0 Å². The average Bonchev–Trinajstić information content (AvgIpc) is 2.51. The Bertz CT molecular complexity index is 526. The van der Waals surface area contributed by atoms with Crippen LogP contribution in [0, 0.1) is 12.8 Å². The molecule has 1 aliphatic heterocycles. The van der Waals surface area contributed by atoms with Gasteiger partial charge in [0.2, 0.25) is 5.91 Å². The third kappa shape index (κ3) is 4.29. The molecule has 1 aliphatic rings. The van der Waals surface area contributed by atoms with E-state index < -0.39 is 0 Å². The number of carbonyl (C=O) groups excluding carboxylic acids is 1. The maximum Gasteiger partial charge on any atom is 0.224 e. The summed E-state index contributed by atoms with van der Waals surface area (Å²) in [4.78, 5) is 14.2. The molecule has 1 fully saturated rings. The Hall–Kier alpha value is -1.42. The maximum atomic E-state index is 12.2. The van der Waals surface area contributed by atoms with Crippen molar-refractivity contribution in [2.24, 2.45) is 5.92 Å². The van der Waals surface area contributed by atoms with Gasteiger partial charge in [0, 0.05) is 37.1 Å². The number of halogens is 1. The summed E-state index contributed by atoms with van der Waals surface area (Å²) in [5.74, 6) is 1.67. The third-order valence-electron chi connectivity index (χ3n) is 4.27. The largest absolute Gasteiger partial charge is 0.495 e. The number of methoxy groups -OCH3 is 1. The number of ether oxygens (including phenoxy) is 1. The molecule has 1 aromatic rings. The molecule has 0 bridgehead atoms. The molecule has 0 aromatic heterocycles. The van der Waals surface area contributed by atoms with Crippen LogP contribution in [0.2, 0.25) is 5.02 Å².